The van der Waals surface area contributed by atoms with Crippen molar-refractivity contribution < 1.29 is 33.7 Å². The number of aliphatic hydroxyl groups is 1. The fraction of sp³-hybridized carbons (Fsp3) is 0.436. The zero-order chi connectivity index (χ0) is 95.1. The van der Waals surface area contributed by atoms with Crippen LogP contribution in [0.25, 0.3) is 43.7 Å². The highest BCUT2D eigenvalue weighted by atomic mass is 35.5. The molecule has 12 heterocycles. The van der Waals surface area contributed by atoms with Gasteiger partial charge in [0.2, 0.25) is 23.8 Å². The summed E-state index contributed by atoms with van der Waals surface area (Å²) in [6.45, 7) is 29.4. The number of benzene rings is 4. The summed E-state index contributed by atoms with van der Waals surface area (Å²) in [7, 11) is 8.87. The number of nitrogens with zero attached hydrogens (tertiary/aromatic N) is 20. The Labute approximate surface area is 791 Å². The molecule has 35 nitrogen and oxygen atoms in total. The Morgan fingerprint density at radius 1 is 0.421 bits per heavy atom. The number of ketones is 3. The van der Waals surface area contributed by atoms with Crippen LogP contribution in [0.2, 0.25) is 20.1 Å². The first kappa shape index (κ1) is 98.4. The summed E-state index contributed by atoms with van der Waals surface area (Å²) in [5.41, 5.74) is 5.03. The number of nitrogens with one attached hydrogen (secondary N) is 4. The standard InChI is InChI=1S/C25H31ClN6O3.C24H33ClN6O2.C23H27ClN6O3.C22H25ClN6O3/c1-4-5-8-31-9-11-32(12-10-31)25-27-15-20(26)23(29-25)28-19-6-7-21-18(13-19)14-22(24(34)30(21)3)35-16-17(2)33;1-5-16-8-11-30(12-9-16)22-26-15-18(25)21(28-22)27-17-6-7-19-20(14-17)31(23(32)29(19)4)13-10-24(2,3)33;1-4-29-7-9-30(10-8-29)23-25-13-18(24)21(27-23)26-17-5-6-19-16(11-17)12-20(22(32)28(19)3)33-14-15(2)31;1-14(30)13-32-19-11-15-10-16(4-5-18(15)28(3)21(19)31)25-20-17(23)12-24-22(26-20)29-8-6-27(2)7-9-29/h6-7,13-15H,4-5,8-12,16H2,1-3H3,(H,27,28,29);6-7,14-16,33H,5,8-13H2,1-4H3,(H,26,27,28);5-6,11-13H,4,7-10,14H2,1-3H3,(H,25,26,27);4-5,10-12H,6-9,13H2,1-3H3,(H,24,25,26). The lowest BCUT2D eigenvalue weighted by atomic mass is 9.95. The van der Waals surface area contributed by atoms with E-state index in [-0.39, 0.29) is 76.8 Å². The molecule has 4 aromatic carbocycles. The van der Waals surface area contributed by atoms with Crippen molar-refractivity contribution in [1.29, 1.82) is 0 Å². The Morgan fingerprint density at radius 3 is 1.08 bits per heavy atom. The van der Waals surface area contributed by atoms with E-state index in [0.717, 1.165) is 190 Å². The molecule has 0 bridgehead atoms. The predicted molar refractivity (Wildman–Crippen MR) is 528 cm³/mol. The van der Waals surface area contributed by atoms with E-state index in [9.17, 15) is 38.7 Å². The van der Waals surface area contributed by atoms with Crippen LogP contribution in [-0.2, 0) is 49.1 Å². The number of rotatable bonds is 29. The summed E-state index contributed by atoms with van der Waals surface area (Å²) in [5.74, 6) is 5.38. The quantitative estimate of drug-likeness (QED) is 0.0291. The maximum Gasteiger partial charge on any atom is 0.328 e. The molecule has 0 amide bonds. The monoisotopic (exact) mass is 1900 g/mol. The summed E-state index contributed by atoms with van der Waals surface area (Å²) in [6, 6.07) is 27.4. The van der Waals surface area contributed by atoms with Gasteiger partial charge in [-0.2, -0.15) is 19.9 Å². The van der Waals surface area contributed by atoms with Crippen molar-refractivity contribution in [2.75, 3.05) is 172 Å². The zero-order valence-electron chi connectivity index (χ0n) is 77.4. The summed E-state index contributed by atoms with van der Waals surface area (Å²) in [4.78, 5) is 136. The summed E-state index contributed by atoms with van der Waals surface area (Å²) < 4.78 is 24.1. The second-order valence-electron chi connectivity index (χ2n) is 34.4. The summed E-state index contributed by atoms with van der Waals surface area (Å²) in [5, 5.41) is 27.3. The van der Waals surface area contributed by atoms with Crippen LogP contribution in [0.15, 0.2) is 135 Å². The molecule has 12 aromatic rings. The van der Waals surface area contributed by atoms with E-state index in [1.807, 2.05) is 72.8 Å². The molecule has 39 heteroatoms. The molecule has 4 aliphatic heterocycles. The second kappa shape index (κ2) is 44.6. The molecule has 0 radical (unpaired) electrons. The van der Waals surface area contributed by atoms with Gasteiger partial charge in [0.05, 0.1) is 58.0 Å². The molecule has 8 aromatic heterocycles. The summed E-state index contributed by atoms with van der Waals surface area (Å²) >= 11 is 25.6. The maximum absolute atomic E-state index is 12.8. The highest BCUT2D eigenvalue weighted by Gasteiger charge is 2.27. The number of ether oxygens (including phenoxy) is 3. The van der Waals surface area contributed by atoms with Gasteiger partial charge in [0.15, 0.2) is 57.9 Å². The molecule has 4 saturated heterocycles. The first-order valence-corrected chi connectivity index (χ1v) is 46.2. The lowest BCUT2D eigenvalue weighted by Gasteiger charge is -2.34. The molecule has 0 unspecified atom stereocenters. The molecule has 133 heavy (non-hydrogen) atoms. The third-order valence-corrected chi connectivity index (χ3v) is 24.9. The predicted octanol–water partition coefficient (Wildman–Crippen LogP) is 13.2. The van der Waals surface area contributed by atoms with Crippen molar-refractivity contribution in [2.24, 2.45) is 34.1 Å². The van der Waals surface area contributed by atoms with E-state index in [0.29, 0.717) is 80.1 Å². The highest BCUT2D eigenvalue weighted by Crippen LogP contribution is 2.35. The molecule has 5 N–H and O–H groups in total. The van der Waals surface area contributed by atoms with Crippen molar-refractivity contribution in [3.8, 4) is 17.2 Å². The number of piperidine rings is 1. The van der Waals surface area contributed by atoms with Gasteiger partial charge in [-0.15, -0.1) is 0 Å². The molecule has 4 aliphatic rings. The zero-order valence-corrected chi connectivity index (χ0v) is 80.4. The molecule has 0 aliphatic carbocycles. The number of Topliss-reactive ketones (excluding diaryl/α,β-unsaturated/α-hetero) is 3. The molecular formula is C94H116Cl4N24O11. The number of aryl methyl sites for hydroxylation is 5. The van der Waals surface area contributed by atoms with E-state index in [1.54, 1.807) is 94.2 Å². The van der Waals surface area contributed by atoms with Gasteiger partial charge in [-0.25, -0.2) is 24.7 Å². The number of aromatic nitrogens is 13. The molecule has 4 fully saturated rings. The number of fused-ring (bicyclic) bond motifs is 4. The van der Waals surface area contributed by atoms with Crippen LogP contribution in [-0.4, -0.2) is 237 Å². The number of carbonyl (C=O) groups is 3. The molecule has 0 spiro atoms. The van der Waals surface area contributed by atoms with Gasteiger partial charge in [-0.05, 0) is 177 Å². The van der Waals surface area contributed by atoms with Crippen molar-refractivity contribution >= 4 is 177 Å². The lowest BCUT2D eigenvalue weighted by molar-refractivity contribution is -0.119. The van der Waals surface area contributed by atoms with Crippen molar-refractivity contribution in [3.63, 3.8) is 0 Å². The highest BCUT2D eigenvalue weighted by molar-refractivity contribution is 6.34. The number of hydrogen-bond acceptors (Lipinski definition) is 30. The molecule has 0 saturated carbocycles. The topological polar surface area (TPSA) is 366 Å². The third kappa shape index (κ3) is 25.3. The van der Waals surface area contributed by atoms with Crippen molar-refractivity contribution in [1.82, 2.24) is 77.4 Å². The number of pyridine rings is 3. The minimum Gasteiger partial charge on any atom is -0.480 e. The lowest BCUT2D eigenvalue weighted by Crippen LogP contribution is -2.47. The van der Waals surface area contributed by atoms with Crippen LogP contribution in [0.5, 0.6) is 17.2 Å². The Kier molecular flexibility index (Phi) is 33.0. The van der Waals surface area contributed by atoms with Gasteiger partial charge in [0.1, 0.15) is 39.9 Å². The van der Waals surface area contributed by atoms with Crippen LogP contribution in [0.1, 0.15) is 93.9 Å². The first-order valence-electron chi connectivity index (χ1n) is 44.7. The minimum atomic E-state index is -0.853. The van der Waals surface area contributed by atoms with Gasteiger partial charge in [-0.1, -0.05) is 80.0 Å². The second-order valence-corrected chi connectivity index (χ2v) is 36.0. The van der Waals surface area contributed by atoms with Crippen LogP contribution >= 0.6 is 46.4 Å². The van der Waals surface area contributed by atoms with Crippen LogP contribution in [0, 0.1) is 5.92 Å². The van der Waals surface area contributed by atoms with Gasteiger partial charge in [0.25, 0.3) is 16.7 Å². The smallest absolute Gasteiger partial charge is 0.328 e. The fourth-order valence-corrected chi connectivity index (χ4v) is 16.4. The van der Waals surface area contributed by atoms with Gasteiger partial charge in [-0.3, -0.25) is 42.8 Å². The number of likely N-dealkylation sites (N-methyl/N-ethyl adjacent to an activating group) is 2. The molecule has 706 valence electrons. The van der Waals surface area contributed by atoms with Crippen LogP contribution < -0.4 is 77.4 Å². The van der Waals surface area contributed by atoms with Gasteiger partial charge >= 0.3 is 5.69 Å². The average molecular weight is 1900 g/mol. The Hall–Kier alpha value is -12.1. The first-order chi connectivity index (χ1) is 63.7. The Bertz CT molecular complexity index is 6450. The van der Waals surface area contributed by atoms with Crippen molar-refractivity contribution in [2.45, 2.75) is 106 Å². The van der Waals surface area contributed by atoms with Crippen molar-refractivity contribution in [3.05, 3.63) is 177 Å². The van der Waals surface area contributed by atoms with Gasteiger partial charge in [0, 0.05) is 165 Å². The SMILES string of the molecule is CC(=O)COc1cc2cc(Nc3nc(N4CCN(C)CC4)ncc3Cl)ccc2n(C)c1=O.CCC1CCN(c2ncc(Cl)c(Nc3ccc4c(c3)n(CCC(C)(C)O)c(=O)n4C)n2)CC1.CCCCN1CCN(c2ncc(Cl)c(Nc3ccc4c(c3)cc(OCC(C)=O)c(=O)n4C)n2)CC1.CCN1CCN(c2ncc(Cl)c(Nc3ccc4c(c3)cc(OCC(C)=O)c(=O)n4C)n2)CC1. The number of anilines is 12. The van der Waals surface area contributed by atoms with Crippen LogP contribution in [0.3, 0.4) is 0 Å². The number of hydrogen-bond donors (Lipinski definition) is 5. The van der Waals surface area contributed by atoms with E-state index < -0.39 is 5.60 Å². The average Bonchev–Trinajstić information content (AvgIpc) is 1.64. The molecule has 0 atom stereocenters. The largest absolute Gasteiger partial charge is 0.480 e. The molecule has 16 rings (SSSR count). The third-order valence-electron chi connectivity index (χ3n) is 23.8. The summed E-state index contributed by atoms with van der Waals surface area (Å²) in [6.07, 6.45) is 12.9. The molecular weight excluding hydrogens is 1780 g/mol. The van der Waals surface area contributed by atoms with E-state index in [4.69, 9.17) is 70.6 Å². The van der Waals surface area contributed by atoms with Gasteiger partial charge < -0.3 is 83.7 Å². The maximum atomic E-state index is 12.8. The minimum absolute atomic E-state index is 0.107. The number of halogens is 4. The number of unbranched alkanes of at least 4 members (excludes halogenated alkanes) is 1. The Morgan fingerprint density at radius 2 is 0.752 bits per heavy atom. The van der Waals surface area contributed by atoms with Crippen LogP contribution in [0.4, 0.5) is 69.8 Å². The number of piperazine rings is 3. The number of imidazole rings is 1. The van der Waals surface area contributed by atoms with E-state index >= 15 is 0 Å². The Balaban J connectivity index is 0.000000151. The number of carbonyl (C=O) groups excluding carboxylic acids is 3. The van der Waals surface area contributed by atoms with E-state index in [1.165, 1.54) is 53.7 Å². The van der Waals surface area contributed by atoms with E-state index in [2.05, 4.69) is 113 Å². The normalized spacial score (nSPS) is 14.7. The fourth-order valence-electron chi connectivity index (χ4n) is 15.8.